The van der Waals surface area contributed by atoms with Gasteiger partial charge in [0, 0.05) is 134 Å². The van der Waals surface area contributed by atoms with Crippen LogP contribution in [0.4, 0.5) is 0 Å². The summed E-state index contributed by atoms with van der Waals surface area (Å²) in [6.45, 7) is 67.7. The molecule has 0 saturated heterocycles. The van der Waals surface area contributed by atoms with Gasteiger partial charge in [-0.3, -0.25) is 0 Å². The molecular weight excluding hydrogens is 1840 g/mol. The quantitative estimate of drug-likeness (QED) is 0.145. The van der Waals surface area contributed by atoms with Crippen LogP contribution in [0.5, 0.6) is 0 Å². The van der Waals surface area contributed by atoms with Crippen molar-refractivity contribution in [1.29, 1.82) is 0 Å². The Bertz CT molecular complexity index is 7680. The molecule has 0 unspecified atom stereocenters. The second-order valence-corrected chi connectivity index (χ2v) is 42.6. The minimum absolute atomic E-state index is 0.00459. The van der Waals surface area contributed by atoms with Crippen molar-refractivity contribution < 1.29 is 13.3 Å². The van der Waals surface area contributed by atoms with Crippen LogP contribution in [0.25, 0.3) is 190 Å². The third-order valence-corrected chi connectivity index (χ3v) is 31.4. The molecule has 2 aliphatic carbocycles. The second kappa shape index (κ2) is 53.8. The first kappa shape index (κ1) is 112. The van der Waals surface area contributed by atoms with Gasteiger partial charge in [-0.25, -0.2) is 0 Å². The van der Waals surface area contributed by atoms with Crippen molar-refractivity contribution in [2.75, 3.05) is 0 Å². The molecule has 758 valence electrons. The molecule has 0 saturated carbocycles. The van der Waals surface area contributed by atoms with E-state index in [0.29, 0.717) is 0 Å². The van der Waals surface area contributed by atoms with Gasteiger partial charge in [0.05, 0.1) is 61.2 Å². The number of hydrogen-bond donors (Lipinski definition) is 0. The fourth-order valence-corrected chi connectivity index (χ4v) is 26.8. The molecular formula is C130H165N5O3S5. The van der Waals surface area contributed by atoms with Gasteiger partial charge < -0.3 is 36.1 Å². The first-order valence-electron chi connectivity index (χ1n) is 54.5. The number of hydrogen-bond acceptors (Lipinski definition) is 8. The fraction of sp³-hybridized carbons (Fsp3) is 0.385. The lowest BCUT2D eigenvalue weighted by molar-refractivity contribution is 0.390. The zero-order chi connectivity index (χ0) is 103. The van der Waals surface area contributed by atoms with Gasteiger partial charge in [0.2, 0.25) is 5.71 Å². The van der Waals surface area contributed by atoms with Crippen LogP contribution in [0.2, 0.25) is 0 Å². The zero-order valence-corrected chi connectivity index (χ0v) is 96.1. The van der Waals surface area contributed by atoms with Crippen molar-refractivity contribution in [3.05, 3.63) is 265 Å². The van der Waals surface area contributed by atoms with Crippen molar-refractivity contribution in [3.8, 4) is 22.3 Å². The summed E-state index contributed by atoms with van der Waals surface area (Å²) in [6.07, 6.45) is 16.8. The minimum atomic E-state index is 0.00459. The van der Waals surface area contributed by atoms with Crippen molar-refractivity contribution in [3.63, 3.8) is 0 Å². The van der Waals surface area contributed by atoms with Gasteiger partial charge in [-0.2, -0.15) is 0 Å². The second-order valence-electron chi connectivity index (χ2n) is 37.1. The maximum Gasteiger partial charge on any atom is 0.210 e. The molecule has 0 radical (unpaired) electrons. The predicted molar refractivity (Wildman–Crippen MR) is 650 cm³/mol. The Kier molecular flexibility index (Phi) is 42.3. The van der Waals surface area contributed by atoms with E-state index in [1.54, 1.807) is 0 Å². The molecule has 13 heterocycles. The third-order valence-electron chi connectivity index (χ3n) is 25.2. The van der Waals surface area contributed by atoms with E-state index in [2.05, 4.69) is 466 Å². The Morgan fingerprint density at radius 2 is 0.615 bits per heavy atom. The molecule has 0 atom stereocenters. The molecule has 13 aromatic heterocycles. The first-order valence-corrected chi connectivity index (χ1v) is 58.6. The third kappa shape index (κ3) is 21.7. The molecule has 23 aromatic rings. The molecule has 0 fully saturated rings. The lowest BCUT2D eigenvalue weighted by atomic mass is 9.76. The number of furan rings is 3. The number of aryl methyl sites for hydroxylation is 5. The topological polar surface area (TPSA) is 64.1 Å². The van der Waals surface area contributed by atoms with Gasteiger partial charge in [-0.1, -0.05) is 406 Å². The zero-order valence-electron chi connectivity index (χ0n) is 92.0. The van der Waals surface area contributed by atoms with Crippen LogP contribution in [-0.4, -0.2) is 22.8 Å². The van der Waals surface area contributed by atoms with E-state index in [0.717, 1.165) is 86.5 Å². The summed E-state index contributed by atoms with van der Waals surface area (Å²) < 4.78 is 42.7. The average molecular weight is 2010 g/mol. The number of rotatable bonds is 9. The van der Waals surface area contributed by atoms with Crippen molar-refractivity contribution in [2.24, 2.45) is 0 Å². The highest BCUT2D eigenvalue weighted by molar-refractivity contribution is 7.45. The largest absolute Gasteiger partial charge is 0.457 e. The van der Waals surface area contributed by atoms with E-state index in [9.17, 15) is 0 Å². The van der Waals surface area contributed by atoms with Crippen molar-refractivity contribution in [1.82, 2.24) is 22.8 Å². The molecule has 0 bridgehead atoms. The number of thiophene rings is 5. The number of para-hydroxylation sites is 5. The average Bonchev–Trinajstić information content (AvgIpc) is 1.52. The maximum atomic E-state index is 6.67. The van der Waals surface area contributed by atoms with Crippen LogP contribution in [0.3, 0.4) is 0 Å². The summed E-state index contributed by atoms with van der Waals surface area (Å²) in [5, 5.41) is 14.7. The summed E-state index contributed by atoms with van der Waals surface area (Å²) in [5.41, 5.74) is 24.2. The van der Waals surface area contributed by atoms with Crippen molar-refractivity contribution >= 4 is 224 Å². The highest BCUT2D eigenvalue weighted by atomic mass is 32.2. The van der Waals surface area contributed by atoms with E-state index in [1.165, 1.54) is 249 Å². The van der Waals surface area contributed by atoms with Gasteiger partial charge in [0.25, 0.3) is 0 Å². The lowest BCUT2D eigenvalue weighted by Gasteiger charge is -2.30. The molecule has 25 rings (SSSR count). The van der Waals surface area contributed by atoms with Crippen LogP contribution in [0.1, 0.15) is 313 Å². The SMILES string of the molecule is CCC.CCC.CCC.CCC.CCC.CCC.CCC.CCC.CCC.CCC.CCn1c2c(c3oc4ccccc4c31)-c1ccccc1C2(CC)CC.CCn1c2ccccc2c2c3sc4ccccc4c3oc21.CCn1c2ccccc2c2c3sc4ccccc4c3sc21.CCn1c2ccccc2c2oc3c(c21)-c1ccccc1C3(CC)CC.CCn1c2ccccc2c2sc3sc4ccccc4c3c21. The van der Waals surface area contributed by atoms with Crippen LogP contribution >= 0.6 is 56.7 Å². The Labute approximate surface area is 875 Å². The number of benzene rings is 10. The standard InChI is InChI=1S/2C23H23NO.C18H13NOS.2C18H13NS2.10C3H8/c1-4-23(5-2)17-13-9-7-11-15(17)19-20-21(25-22(19)23)16-12-8-10-14-18(16)24(20)6-3;1-4-23(5-2)17-13-9-7-11-15(17)19-21-20(24(6-3)22(19)23)16-12-8-10-14-18(16)25-21;1-2-19-13-9-5-3-7-11(13)15-17-16(20-18(15)19)12-8-4-6-10-14(12)21-17;1-2-19-13-9-5-3-7-11(13)17-16(19)15-12-8-4-6-10-14(12)20-18(15)21-17;1-2-19-13-9-5-3-7-11(13)15-17-16(21-18(15)19)12-8-4-6-10-14(12)20-17;10*1-3-2/h2*7-14H,4-6H2,1-3H3;3*3-10H,2H2,1H3;10*3H2,1-2H3. The Morgan fingerprint density at radius 3 is 1.13 bits per heavy atom. The monoisotopic (exact) mass is 2000 g/mol. The van der Waals surface area contributed by atoms with Crippen LogP contribution in [0.15, 0.2) is 256 Å². The predicted octanol–water partition coefficient (Wildman–Crippen LogP) is 45.4. The highest BCUT2D eigenvalue weighted by Gasteiger charge is 2.48. The van der Waals surface area contributed by atoms with E-state index in [1.807, 2.05) is 56.7 Å². The molecule has 10 aromatic carbocycles. The molecule has 8 nitrogen and oxygen atoms in total. The maximum absolute atomic E-state index is 6.67. The Hall–Kier alpha value is -10.9. The number of fused-ring (bicyclic) bond motifs is 35. The fourth-order valence-electron chi connectivity index (χ4n) is 20.1. The first-order chi connectivity index (χ1) is 69.8. The Balaban J connectivity index is 0.000000159. The highest BCUT2D eigenvalue weighted by Crippen LogP contribution is 2.60. The molecule has 2 aliphatic rings. The summed E-state index contributed by atoms with van der Waals surface area (Å²) in [4.78, 5) is 1.42. The summed E-state index contributed by atoms with van der Waals surface area (Å²) in [5.74, 6) is 1.18. The lowest BCUT2D eigenvalue weighted by Crippen LogP contribution is -2.26. The van der Waals surface area contributed by atoms with Crippen LogP contribution in [-0.2, 0) is 43.6 Å². The van der Waals surface area contributed by atoms with E-state index in [-0.39, 0.29) is 10.8 Å². The molecule has 0 aliphatic heterocycles. The molecule has 13 heteroatoms. The van der Waals surface area contributed by atoms with Crippen molar-refractivity contribution in [2.45, 2.75) is 334 Å². The molecule has 0 spiro atoms. The van der Waals surface area contributed by atoms with Crippen LogP contribution in [0, 0.1) is 0 Å². The van der Waals surface area contributed by atoms with Gasteiger partial charge in [0.1, 0.15) is 16.2 Å². The van der Waals surface area contributed by atoms with E-state index in [4.69, 9.17) is 13.3 Å². The summed E-state index contributed by atoms with van der Waals surface area (Å²) >= 11 is 9.59. The number of nitrogens with zero attached hydrogens (tertiary/aromatic N) is 5. The molecule has 0 amide bonds. The normalized spacial score (nSPS) is 11.9. The molecule has 0 N–H and O–H groups in total. The van der Waals surface area contributed by atoms with E-state index >= 15 is 0 Å². The van der Waals surface area contributed by atoms with E-state index < -0.39 is 0 Å². The minimum Gasteiger partial charge on any atom is -0.457 e. The summed E-state index contributed by atoms with van der Waals surface area (Å²) in [7, 11) is 0. The number of aromatic nitrogens is 5. The van der Waals surface area contributed by atoms with Gasteiger partial charge in [0.15, 0.2) is 16.7 Å². The summed E-state index contributed by atoms with van der Waals surface area (Å²) in [6, 6.07) is 87.0. The van der Waals surface area contributed by atoms with Crippen LogP contribution < -0.4 is 0 Å². The Morgan fingerprint density at radius 1 is 0.238 bits per heavy atom. The van der Waals surface area contributed by atoms with Gasteiger partial charge in [-0.15, -0.1) is 56.7 Å². The molecule has 143 heavy (non-hydrogen) atoms. The van der Waals surface area contributed by atoms with Gasteiger partial charge in [-0.05, 0) is 149 Å². The smallest absolute Gasteiger partial charge is 0.210 e. The van der Waals surface area contributed by atoms with Gasteiger partial charge >= 0.3 is 0 Å².